The Bertz CT molecular complexity index is 31.0. The third-order valence-electron chi connectivity index (χ3n) is 0. The molecule has 0 aliphatic carbocycles. The highest BCUT2D eigenvalue weighted by Gasteiger charge is 1.66. The highest BCUT2D eigenvalue weighted by atomic mass is 32.1. The van der Waals surface area contributed by atoms with E-state index in [1.807, 2.05) is 0 Å². The Kier molecular flexibility index (Phi) is 1.12. The summed E-state index contributed by atoms with van der Waals surface area (Å²) in [5, 5.41) is 5.62. The normalized spacial score (nSPS) is 6.25. The van der Waals surface area contributed by atoms with Crippen molar-refractivity contribution in [2.45, 2.75) is 0 Å². The zero-order valence-electron chi connectivity index (χ0n) is 1.73. The lowest BCUT2D eigenvalue weighted by atomic mass is 11.6. The molecule has 1 N–H and O–H groups in total. The van der Waals surface area contributed by atoms with Gasteiger partial charge in [-0.3, -0.25) is 0 Å². The van der Waals surface area contributed by atoms with Crippen LogP contribution in [0.1, 0.15) is 0 Å². The first-order chi connectivity index (χ1) is 1.73. The minimum Gasteiger partial charge on any atom is -0.478 e. The maximum atomic E-state index is 10.3. The molecule has 0 aliphatic heterocycles. The minimum atomic E-state index is -1.50. The molecule has 0 saturated carbocycles. The van der Waals surface area contributed by atoms with Crippen molar-refractivity contribution in [3.63, 3.8) is 0 Å². The van der Waals surface area contributed by atoms with Gasteiger partial charge in [0.1, 0.15) is 0 Å². The number of aliphatic hydroxyl groups is 1. The molecular formula is CHFOS. The lowest BCUT2D eigenvalue weighted by Gasteiger charge is -1.58. The molecule has 0 aromatic rings. The van der Waals surface area contributed by atoms with E-state index in [9.17, 15) is 4.39 Å². The molecule has 24 valence electrons. The number of hydrogen-bond donors (Lipinski definition) is 1. The second-order valence-corrected chi connectivity index (χ2v) is 0.590. The molecular weight excluding hydrogens is 79.1 g/mol. The molecule has 0 heterocycles. The van der Waals surface area contributed by atoms with Gasteiger partial charge in [-0.05, 0) is 12.2 Å². The fourth-order valence-corrected chi connectivity index (χ4v) is 0. The van der Waals surface area contributed by atoms with Gasteiger partial charge in [0.05, 0.1) is 0 Å². The van der Waals surface area contributed by atoms with Gasteiger partial charge in [-0.15, -0.1) is 0 Å². The third kappa shape index (κ3) is 37.8. The maximum Gasteiger partial charge on any atom is 0.339 e. The van der Waals surface area contributed by atoms with Gasteiger partial charge in [0.15, 0.2) is 0 Å². The standard InChI is InChI=1S/CHFOS/c2-1(3)4/h(H,3,4). The van der Waals surface area contributed by atoms with E-state index in [-0.39, 0.29) is 0 Å². The van der Waals surface area contributed by atoms with Crippen LogP contribution in [0.3, 0.4) is 0 Å². The number of thiocarbonyl (C=S) groups is 1. The van der Waals surface area contributed by atoms with E-state index in [0.717, 1.165) is 0 Å². The van der Waals surface area contributed by atoms with E-state index in [1.165, 1.54) is 0 Å². The Morgan fingerprint density at radius 3 is 2.00 bits per heavy atom. The Morgan fingerprint density at radius 1 is 2.00 bits per heavy atom. The van der Waals surface area contributed by atoms with Crippen molar-refractivity contribution in [3.05, 3.63) is 0 Å². The van der Waals surface area contributed by atoms with Gasteiger partial charge < -0.3 is 5.11 Å². The minimum absolute atomic E-state index is 1.50. The molecule has 0 atom stereocenters. The summed E-state index contributed by atoms with van der Waals surface area (Å²) in [6.07, 6.45) is 0. The first-order valence-electron chi connectivity index (χ1n) is 0.617. The van der Waals surface area contributed by atoms with E-state index >= 15 is 0 Å². The number of halogens is 1. The van der Waals surface area contributed by atoms with Crippen LogP contribution >= 0.6 is 12.2 Å². The predicted octanol–water partition coefficient (Wildman–Crippen LogP) is 0.799. The van der Waals surface area contributed by atoms with Crippen molar-refractivity contribution in [1.82, 2.24) is 0 Å². The summed E-state index contributed by atoms with van der Waals surface area (Å²) in [4.78, 5) is 0. The van der Waals surface area contributed by atoms with Crippen LogP contribution in [0, 0.1) is 0 Å². The molecule has 0 rings (SSSR count). The summed E-state index contributed by atoms with van der Waals surface area (Å²) in [6, 6.07) is 0. The fraction of sp³-hybridized carbons (Fsp3) is 0. The van der Waals surface area contributed by atoms with Crippen LogP contribution in [0.15, 0.2) is 0 Å². The second-order valence-electron chi connectivity index (χ2n) is 0.253. The summed E-state index contributed by atoms with van der Waals surface area (Å²) in [5.74, 6) is 0. The molecule has 0 fully saturated rings. The fourth-order valence-electron chi connectivity index (χ4n) is 0. The van der Waals surface area contributed by atoms with Crippen LogP contribution < -0.4 is 0 Å². The number of hydrogen-bond acceptors (Lipinski definition) is 1. The van der Waals surface area contributed by atoms with Gasteiger partial charge in [0.2, 0.25) is 0 Å². The molecule has 0 bridgehead atoms. The Hall–Kier alpha value is -0.180. The van der Waals surface area contributed by atoms with E-state index < -0.39 is 5.30 Å². The molecule has 0 radical (unpaired) electrons. The van der Waals surface area contributed by atoms with Gasteiger partial charge in [-0.1, -0.05) is 0 Å². The summed E-state index contributed by atoms with van der Waals surface area (Å²) >= 11 is 3.43. The van der Waals surface area contributed by atoms with Crippen LogP contribution in [0.4, 0.5) is 4.39 Å². The average molecular weight is 80.1 g/mol. The van der Waals surface area contributed by atoms with Crippen LogP contribution in [0.25, 0.3) is 0 Å². The van der Waals surface area contributed by atoms with Crippen molar-refractivity contribution in [2.75, 3.05) is 0 Å². The summed E-state index contributed by atoms with van der Waals surface area (Å²) < 4.78 is 10.3. The quantitative estimate of drug-likeness (QED) is 0.343. The van der Waals surface area contributed by atoms with Crippen LogP contribution in [-0.2, 0) is 0 Å². The van der Waals surface area contributed by atoms with Crippen molar-refractivity contribution in [1.29, 1.82) is 0 Å². The molecule has 0 spiro atoms. The highest BCUT2D eigenvalue weighted by Crippen LogP contribution is 1.61. The molecule has 1 nitrogen and oxygen atoms in total. The summed E-state index contributed by atoms with van der Waals surface area (Å²) in [6.45, 7) is 0. The lowest BCUT2D eigenvalue weighted by molar-refractivity contribution is 0.477. The monoisotopic (exact) mass is 80.0 g/mol. The topological polar surface area (TPSA) is 20.2 Å². The van der Waals surface area contributed by atoms with Crippen LogP contribution in [0.5, 0.6) is 0 Å². The van der Waals surface area contributed by atoms with Gasteiger partial charge in [0, 0.05) is 0 Å². The van der Waals surface area contributed by atoms with Crippen molar-refractivity contribution in [2.24, 2.45) is 0 Å². The SMILES string of the molecule is OC(F)=S. The van der Waals surface area contributed by atoms with E-state index in [2.05, 4.69) is 12.2 Å². The molecule has 0 amide bonds. The Balaban J connectivity index is 2.80. The largest absolute Gasteiger partial charge is 0.478 e. The van der Waals surface area contributed by atoms with Gasteiger partial charge in [-0.25, -0.2) is 0 Å². The summed E-state index contributed by atoms with van der Waals surface area (Å²) in [7, 11) is 0. The Labute approximate surface area is 28.1 Å². The predicted molar refractivity (Wildman–Crippen MR) is 16.3 cm³/mol. The average Bonchev–Trinajstić information content (AvgIpc) is 0.811. The second kappa shape index (κ2) is 1.17. The molecule has 0 aromatic heterocycles. The van der Waals surface area contributed by atoms with E-state index in [4.69, 9.17) is 5.11 Å². The zero-order valence-corrected chi connectivity index (χ0v) is 2.55. The van der Waals surface area contributed by atoms with Crippen LogP contribution in [0.2, 0.25) is 0 Å². The van der Waals surface area contributed by atoms with Crippen LogP contribution in [-0.4, -0.2) is 10.4 Å². The van der Waals surface area contributed by atoms with Crippen molar-refractivity contribution in [3.8, 4) is 0 Å². The third-order valence-corrected chi connectivity index (χ3v) is 0. The van der Waals surface area contributed by atoms with E-state index in [1.54, 1.807) is 0 Å². The first-order valence-corrected chi connectivity index (χ1v) is 1.02. The highest BCUT2D eigenvalue weighted by molar-refractivity contribution is 7.79. The van der Waals surface area contributed by atoms with Crippen molar-refractivity contribution >= 4 is 17.5 Å². The smallest absolute Gasteiger partial charge is 0.339 e. The van der Waals surface area contributed by atoms with Crippen molar-refractivity contribution < 1.29 is 9.50 Å². The Morgan fingerprint density at radius 2 is 2.00 bits per heavy atom. The molecule has 3 heteroatoms. The number of aliphatic hydroxyl groups excluding tert-OH is 1. The molecule has 0 aliphatic rings. The molecule has 4 heavy (non-hydrogen) atoms. The van der Waals surface area contributed by atoms with Gasteiger partial charge in [0.25, 0.3) is 0 Å². The van der Waals surface area contributed by atoms with Gasteiger partial charge >= 0.3 is 5.30 Å². The van der Waals surface area contributed by atoms with E-state index in [0.29, 0.717) is 0 Å². The maximum absolute atomic E-state index is 10.3. The zero-order chi connectivity index (χ0) is 3.58. The van der Waals surface area contributed by atoms with Gasteiger partial charge in [-0.2, -0.15) is 4.39 Å². The molecule has 0 aromatic carbocycles. The first kappa shape index (κ1) is 3.82. The number of rotatable bonds is 0. The molecule has 0 saturated heterocycles. The summed E-state index contributed by atoms with van der Waals surface area (Å²) in [5.41, 5.74) is 0. The lowest BCUT2D eigenvalue weighted by Crippen LogP contribution is -1.68. The molecule has 0 unspecified atom stereocenters.